The van der Waals surface area contributed by atoms with Crippen molar-refractivity contribution >= 4 is 11.8 Å². The SMILES string of the molecule is CN1C(=O)COC(C(=O)NCCCc2ccc(F)cc2)C1c1ccccc1F. The van der Waals surface area contributed by atoms with Crippen LogP contribution in [0.15, 0.2) is 48.5 Å². The topological polar surface area (TPSA) is 58.6 Å². The second-order valence-electron chi connectivity index (χ2n) is 6.72. The number of carbonyl (C=O) groups excluding carboxylic acids is 2. The van der Waals surface area contributed by atoms with Crippen LogP contribution in [-0.4, -0.2) is 43.0 Å². The molecule has 1 N–H and O–H groups in total. The van der Waals surface area contributed by atoms with Gasteiger partial charge in [-0.1, -0.05) is 30.3 Å². The molecular formula is C21H22F2N2O3. The predicted molar refractivity (Wildman–Crippen MR) is 99.4 cm³/mol. The zero-order valence-corrected chi connectivity index (χ0v) is 15.5. The summed E-state index contributed by atoms with van der Waals surface area (Å²) in [7, 11) is 1.54. The maximum Gasteiger partial charge on any atom is 0.251 e. The van der Waals surface area contributed by atoms with Crippen LogP contribution in [0.5, 0.6) is 0 Å². The van der Waals surface area contributed by atoms with E-state index in [1.165, 1.54) is 30.1 Å². The van der Waals surface area contributed by atoms with E-state index in [2.05, 4.69) is 5.32 Å². The summed E-state index contributed by atoms with van der Waals surface area (Å²) < 4.78 is 32.7. The van der Waals surface area contributed by atoms with E-state index in [0.717, 1.165) is 5.56 Å². The summed E-state index contributed by atoms with van der Waals surface area (Å²) in [5, 5.41) is 2.79. The summed E-state index contributed by atoms with van der Waals surface area (Å²) in [4.78, 5) is 26.0. The van der Waals surface area contributed by atoms with Gasteiger partial charge >= 0.3 is 0 Å². The van der Waals surface area contributed by atoms with E-state index in [1.807, 2.05) is 0 Å². The summed E-state index contributed by atoms with van der Waals surface area (Å²) >= 11 is 0. The van der Waals surface area contributed by atoms with Gasteiger partial charge in [0.25, 0.3) is 5.91 Å². The summed E-state index contributed by atoms with van der Waals surface area (Å²) in [6, 6.07) is 11.4. The number of carbonyl (C=O) groups is 2. The standard InChI is InChI=1S/C21H22F2N2O3/c1-25-18(26)13-28-20(19(25)16-6-2-3-7-17(16)23)21(27)24-12-4-5-14-8-10-15(22)11-9-14/h2-3,6-11,19-20H,4-5,12-13H2,1H3,(H,24,27). The van der Waals surface area contributed by atoms with Crippen LogP contribution < -0.4 is 5.32 Å². The van der Waals surface area contributed by atoms with Crippen LogP contribution >= 0.6 is 0 Å². The molecule has 3 rings (SSSR count). The van der Waals surface area contributed by atoms with Crippen LogP contribution in [0.25, 0.3) is 0 Å². The minimum Gasteiger partial charge on any atom is -0.356 e. The van der Waals surface area contributed by atoms with Gasteiger partial charge in [0.1, 0.15) is 18.2 Å². The van der Waals surface area contributed by atoms with E-state index < -0.39 is 23.9 Å². The number of nitrogens with one attached hydrogen (secondary N) is 1. The zero-order chi connectivity index (χ0) is 20.1. The molecule has 5 nitrogen and oxygen atoms in total. The molecule has 1 heterocycles. The van der Waals surface area contributed by atoms with Gasteiger partial charge in [-0.25, -0.2) is 8.78 Å². The Bertz CT molecular complexity index is 842. The minimum absolute atomic E-state index is 0.227. The first-order chi connectivity index (χ1) is 13.5. The molecule has 2 amide bonds. The van der Waals surface area contributed by atoms with Gasteiger partial charge in [-0.05, 0) is 36.6 Å². The number of hydrogen-bond acceptors (Lipinski definition) is 3. The van der Waals surface area contributed by atoms with Crippen molar-refractivity contribution in [2.24, 2.45) is 0 Å². The molecule has 2 aromatic rings. The van der Waals surface area contributed by atoms with Crippen molar-refractivity contribution in [1.29, 1.82) is 0 Å². The zero-order valence-electron chi connectivity index (χ0n) is 15.5. The fourth-order valence-electron chi connectivity index (χ4n) is 3.27. The number of nitrogens with zero attached hydrogens (tertiary/aromatic N) is 1. The van der Waals surface area contributed by atoms with E-state index >= 15 is 0 Å². The molecule has 1 fully saturated rings. The van der Waals surface area contributed by atoms with Crippen molar-refractivity contribution in [2.45, 2.75) is 25.0 Å². The number of likely N-dealkylation sites (N-methyl/N-ethyl adjacent to an activating group) is 1. The molecule has 1 aliphatic heterocycles. The number of rotatable bonds is 6. The van der Waals surface area contributed by atoms with Crippen LogP contribution in [0.3, 0.4) is 0 Å². The molecule has 28 heavy (non-hydrogen) atoms. The maximum atomic E-state index is 14.3. The molecule has 2 aromatic carbocycles. The van der Waals surface area contributed by atoms with E-state index in [4.69, 9.17) is 4.74 Å². The monoisotopic (exact) mass is 388 g/mol. The molecule has 0 saturated carbocycles. The van der Waals surface area contributed by atoms with Crippen LogP contribution in [0.2, 0.25) is 0 Å². The molecule has 148 valence electrons. The van der Waals surface area contributed by atoms with Crippen molar-refractivity contribution in [3.8, 4) is 0 Å². The van der Waals surface area contributed by atoms with E-state index in [-0.39, 0.29) is 23.9 Å². The second-order valence-corrected chi connectivity index (χ2v) is 6.72. The molecular weight excluding hydrogens is 366 g/mol. The van der Waals surface area contributed by atoms with Gasteiger partial charge in [-0.15, -0.1) is 0 Å². The highest BCUT2D eigenvalue weighted by molar-refractivity contribution is 5.86. The van der Waals surface area contributed by atoms with Gasteiger partial charge in [0.2, 0.25) is 5.91 Å². The van der Waals surface area contributed by atoms with Gasteiger partial charge in [-0.2, -0.15) is 0 Å². The van der Waals surface area contributed by atoms with Gasteiger partial charge in [0.05, 0.1) is 6.04 Å². The average molecular weight is 388 g/mol. The average Bonchev–Trinajstić information content (AvgIpc) is 2.69. The Morgan fingerprint density at radius 2 is 1.89 bits per heavy atom. The number of morpholine rings is 1. The number of hydrogen-bond donors (Lipinski definition) is 1. The van der Waals surface area contributed by atoms with Crippen molar-refractivity contribution < 1.29 is 23.1 Å². The molecule has 1 saturated heterocycles. The lowest BCUT2D eigenvalue weighted by atomic mass is 9.97. The summed E-state index contributed by atoms with van der Waals surface area (Å²) in [5.74, 6) is -1.49. The Morgan fingerprint density at radius 1 is 1.18 bits per heavy atom. The number of benzene rings is 2. The van der Waals surface area contributed by atoms with E-state index in [0.29, 0.717) is 19.4 Å². The van der Waals surface area contributed by atoms with Crippen LogP contribution in [0.4, 0.5) is 8.78 Å². The highest BCUT2D eigenvalue weighted by Gasteiger charge is 2.41. The van der Waals surface area contributed by atoms with E-state index in [9.17, 15) is 18.4 Å². The first-order valence-corrected chi connectivity index (χ1v) is 9.11. The molecule has 0 aromatic heterocycles. The van der Waals surface area contributed by atoms with Crippen molar-refractivity contribution in [2.75, 3.05) is 20.2 Å². The molecule has 2 unspecified atom stereocenters. The molecule has 7 heteroatoms. The van der Waals surface area contributed by atoms with Crippen molar-refractivity contribution in [3.05, 3.63) is 71.3 Å². The highest BCUT2D eigenvalue weighted by Crippen LogP contribution is 2.30. The van der Waals surface area contributed by atoms with Gasteiger partial charge in [0, 0.05) is 19.2 Å². The third-order valence-corrected chi connectivity index (χ3v) is 4.82. The molecule has 2 atom stereocenters. The summed E-state index contributed by atoms with van der Waals surface area (Å²) in [6.45, 7) is 0.160. The largest absolute Gasteiger partial charge is 0.356 e. The minimum atomic E-state index is -0.995. The number of ether oxygens (including phenoxy) is 1. The Morgan fingerprint density at radius 3 is 2.61 bits per heavy atom. The van der Waals surface area contributed by atoms with Gasteiger partial charge < -0.3 is 15.0 Å². The molecule has 1 aliphatic rings. The molecule has 0 aliphatic carbocycles. The number of aryl methyl sites for hydroxylation is 1. The molecule has 0 bridgehead atoms. The Balaban J connectivity index is 1.62. The van der Waals surface area contributed by atoms with Crippen LogP contribution in [0, 0.1) is 11.6 Å². The van der Waals surface area contributed by atoms with Gasteiger partial charge in [-0.3, -0.25) is 9.59 Å². The second kappa shape index (κ2) is 8.93. The normalized spacial score (nSPS) is 19.5. The third-order valence-electron chi connectivity index (χ3n) is 4.82. The number of halogens is 2. The molecule has 0 spiro atoms. The van der Waals surface area contributed by atoms with E-state index in [1.54, 1.807) is 30.3 Å². The lowest BCUT2D eigenvalue weighted by Gasteiger charge is -2.38. The molecule has 0 radical (unpaired) electrons. The first-order valence-electron chi connectivity index (χ1n) is 9.11. The highest BCUT2D eigenvalue weighted by atomic mass is 19.1. The fraction of sp³-hybridized carbons (Fsp3) is 0.333. The van der Waals surface area contributed by atoms with Gasteiger partial charge in [0.15, 0.2) is 6.10 Å². The van der Waals surface area contributed by atoms with Crippen LogP contribution in [-0.2, 0) is 20.7 Å². The Kier molecular flexibility index (Phi) is 6.36. The summed E-state index contributed by atoms with van der Waals surface area (Å²) in [6.07, 6.45) is 0.343. The third kappa shape index (κ3) is 4.54. The quantitative estimate of drug-likeness (QED) is 0.774. The summed E-state index contributed by atoms with van der Waals surface area (Å²) in [5.41, 5.74) is 1.21. The first kappa shape index (κ1) is 19.9. The predicted octanol–water partition coefficient (Wildman–Crippen LogP) is 2.61. The number of amides is 2. The Hall–Kier alpha value is -2.80. The lowest BCUT2D eigenvalue weighted by Crippen LogP contribution is -2.53. The lowest BCUT2D eigenvalue weighted by molar-refractivity contribution is -0.162. The van der Waals surface area contributed by atoms with Crippen molar-refractivity contribution in [1.82, 2.24) is 10.2 Å². The maximum absolute atomic E-state index is 14.3. The Labute approximate surface area is 162 Å². The smallest absolute Gasteiger partial charge is 0.251 e. The van der Waals surface area contributed by atoms with Crippen LogP contribution in [0.1, 0.15) is 23.6 Å². The van der Waals surface area contributed by atoms with Crippen molar-refractivity contribution in [3.63, 3.8) is 0 Å². The fourth-order valence-corrected chi connectivity index (χ4v) is 3.27.